The molecular formula is C13H17N5O2. The van der Waals surface area contributed by atoms with Gasteiger partial charge in [-0.3, -0.25) is 4.79 Å². The van der Waals surface area contributed by atoms with Crippen molar-refractivity contribution < 1.29 is 9.32 Å². The van der Waals surface area contributed by atoms with E-state index in [0.717, 1.165) is 6.42 Å². The first-order valence-electron chi connectivity index (χ1n) is 6.41. The van der Waals surface area contributed by atoms with Gasteiger partial charge in [-0.1, -0.05) is 12.1 Å². The molecule has 7 nitrogen and oxygen atoms in total. The van der Waals surface area contributed by atoms with Gasteiger partial charge >= 0.3 is 0 Å². The molecule has 0 aliphatic heterocycles. The number of nitrogens with zero attached hydrogens (tertiary/aromatic N) is 3. The third-order valence-corrected chi connectivity index (χ3v) is 2.78. The number of anilines is 2. The molecule has 2 aromatic rings. The van der Waals surface area contributed by atoms with Crippen LogP contribution in [0, 0.1) is 6.92 Å². The number of aromatic nitrogens is 3. The Hall–Kier alpha value is -2.44. The summed E-state index contributed by atoms with van der Waals surface area (Å²) in [4.78, 5) is 20.1. The topological polar surface area (TPSA) is 92.9 Å². The van der Waals surface area contributed by atoms with E-state index in [-0.39, 0.29) is 17.6 Å². The molecule has 1 unspecified atom stereocenters. The molecule has 2 aromatic heterocycles. The number of hydrogen-bond acceptors (Lipinski definition) is 6. The summed E-state index contributed by atoms with van der Waals surface area (Å²) in [6.45, 7) is 5.86. The third-order valence-electron chi connectivity index (χ3n) is 2.78. The van der Waals surface area contributed by atoms with Crippen molar-refractivity contribution >= 4 is 17.5 Å². The van der Waals surface area contributed by atoms with Gasteiger partial charge in [0.15, 0.2) is 5.82 Å². The van der Waals surface area contributed by atoms with Gasteiger partial charge in [0.2, 0.25) is 0 Å². The molecule has 2 heterocycles. The Morgan fingerprint density at radius 3 is 2.80 bits per heavy atom. The Labute approximate surface area is 116 Å². The summed E-state index contributed by atoms with van der Waals surface area (Å²) in [6.07, 6.45) is 2.32. The average Bonchev–Trinajstić information content (AvgIpc) is 2.84. The Morgan fingerprint density at radius 1 is 1.35 bits per heavy atom. The van der Waals surface area contributed by atoms with Crippen molar-refractivity contribution in [2.75, 3.05) is 10.6 Å². The molecule has 1 amide bonds. The minimum atomic E-state index is -0.354. The maximum Gasteiger partial charge on any atom is 0.275 e. The molecule has 0 fully saturated rings. The lowest BCUT2D eigenvalue weighted by atomic mass is 10.2. The standard InChI is InChI=1S/C13H17N5O2/c1-4-8(2)16-11-6-10(14-7-15-11)13(19)17-12-5-9(3)20-18-12/h5-8H,4H2,1-3H3,(H,14,15,16)(H,17,18,19). The fourth-order valence-electron chi connectivity index (χ4n) is 1.52. The molecule has 106 valence electrons. The molecule has 2 N–H and O–H groups in total. The third kappa shape index (κ3) is 3.53. The molecule has 0 aliphatic rings. The van der Waals surface area contributed by atoms with Crippen LogP contribution < -0.4 is 10.6 Å². The summed E-state index contributed by atoms with van der Waals surface area (Å²) in [5.41, 5.74) is 0.270. The van der Waals surface area contributed by atoms with Crippen LogP contribution in [0.5, 0.6) is 0 Å². The van der Waals surface area contributed by atoms with Gasteiger partial charge in [-0.05, 0) is 20.3 Å². The predicted octanol–water partition coefficient (Wildman–Crippen LogP) is 2.24. The van der Waals surface area contributed by atoms with Crippen LogP contribution in [0.4, 0.5) is 11.6 Å². The Morgan fingerprint density at radius 2 is 2.15 bits per heavy atom. The zero-order valence-electron chi connectivity index (χ0n) is 11.7. The lowest BCUT2D eigenvalue weighted by Crippen LogP contribution is -2.17. The SMILES string of the molecule is CCC(C)Nc1cc(C(=O)Nc2cc(C)on2)ncn1. The van der Waals surface area contributed by atoms with E-state index < -0.39 is 0 Å². The van der Waals surface area contributed by atoms with E-state index in [1.54, 1.807) is 19.1 Å². The normalized spacial score (nSPS) is 11.9. The van der Waals surface area contributed by atoms with Gasteiger partial charge in [-0.2, -0.15) is 0 Å². The number of amides is 1. The number of aryl methyl sites for hydroxylation is 1. The van der Waals surface area contributed by atoms with Crippen LogP contribution in [0.15, 0.2) is 23.0 Å². The molecule has 0 bridgehead atoms. The van der Waals surface area contributed by atoms with E-state index in [2.05, 4.69) is 32.7 Å². The van der Waals surface area contributed by atoms with Gasteiger partial charge in [-0.15, -0.1) is 0 Å². The fourth-order valence-corrected chi connectivity index (χ4v) is 1.52. The molecule has 7 heteroatoms. The number of carbonyl (C=O) groups is 1. The minimum Gasteiger partial charge on any atom is -0.368 e. The summed E-state index contributed by atoms with van der Waals surface area (Å²) < 4.78 is 4.88. The average molecular weight is 275 g/mol. The second-order valence-corrected chi connectivity index (χ2v) is 4.52. The zero-order chi connectivity index (χ0) is 14.5. The maximum absolute atomic E-state index is 12.0. The predicted molar refractivity (Wildman–Crippen MR) is 74.6 cm³/mol. The van der Waals surface area contributed by atoms with Crippen LogP contribution in [0.3, 0.4) is 0 Å². The van der Waals surface area contributed by atoms with Crippen molar-refractivity contribution in [1.82, 2.24) is 15.1 Å². The highest BCUT2D eigenvalue weighted by atomic mass is 16.5. The van der Waals surface area contributed by atoms with Crippen LogP contribution in [-0.2, 0) is 0 Å². The van der Waals surface area contributed by atoms with Crippen LogP contribution in [0.25, 0.3) is 0 Å². The van der Waals surface area contributed by atoms with Gasteiger partial charge in [0.1, 0.15) is 23.6 Å². The molecule has 1 atom stereocenters. The summed E-state index contributed by atoms with van der Waals surface area (Å²) in [5.74, 6) is 1.26. The van der Waals surface area contributed by atoms with Crippen molar-refractivity contribution in [2.45, 2.75) is 33.2 Å². The first-order chi connectivity index (χ1) is 9.58. The van der Waals surface area contributed by atoms with E-state index in [9.17, 15) is 4.79 Å². The van der Waals surface area contributed by atoms with E-state index in [4.69, 9.17) is 4.52 Å². The monoisotopic (exact) mass is 275 g/mol. The Bertz CT molecular complexity index is 596. The molecule has 2 rings (SSSR count). The van der Waals surface area contributed by atoms with Crippen LogP contribution in [0.2, 0.25) is 0 Å². The van der Waals surface area contributed by atoms with Gasteiger partial charge in [0.05, 0.1) is 0 Å². The summed E-state index contributed by atoms with van der Waals surface area (Å²) in [6, 6.07) is 3.52. The molecule has 0 radical (unpaired) electrons. The van der Waals surface area contributed by atoms with Gasteiger partial charge in [0.25, 0.3) is 5.91 Å². The fraction of sp³-hybridized carbons (Fsp3) is 0.385. The lowest BCUT2D eigenvalue weighted by molar-refractivity contribution is 0.102. The van der Waals surface area contributed by atoms with Crippen molar-refractivity contribution in [1.29, 1.82) is 0 Å². The Balaban J connectivity index is 2.08. The minimum absolute atomic E-state index is 0.270. The van der Waals surface area contributed by atoms with Crippen molar-refractivity contribution in [3.8, 4) is 0 Å². The lowest BCUT2D eigenvalue weighted by Gasteiger charge is -2.12. The molecule has 0 aromatic carbocycles. The second kappa shape index (κ2) is 6.14. The number of hydrogen-bond donors (Lipinski definition) is 2. The van der Waals surface area contributed by atoms with E-state index in [0.29, 0.717) is 17.4 Å². The highest BCUT2D eigenvalue weighted by molar-refractivity contribution is 6.02. The van der Waals surface area contributed by atoms with Crippen molar-refractivity contribution in [3.05, 3.63) is 29.9 Å². The summed E-state index contributed by atoms with van der Waals surface area (Å²) in [5, 5.41) is 9.50. The number of nitrogens with one attached hydrogen (secondary N) is 2. The van der Waals surface area contributed by atoms with E-state index in [1.165, 1.54) is 6.33 Å². The Kier molecular flexibility index (Phi) is 4.29. The van der Waals surface area contributed by atoms with Crippen LogP contribution in [0.1, 0.15) is 36.5 Å². The molecule has 0 spiro atoms. The molecule has 0 aliphatic carbocycles. The van der Waals surface area contributed by atoms with E-state index in [1.807, 2.05) is 6.92 Å². The van der Waals surface area contributed by atoms with E-state index >= 15 is 0 Å². The molecular weight excluding hydrogens is 258 g/mol. The summed E-state index contributed by atoms with van der Waals surface area (Å²) >= 11 is 0. The van der Waals surface area contributed by atoms with Gasteiger partial charge < -0.3 is 15.2 Å². The van der Waals surface area contributed by atoms with Crippen molar-refractivity contribution in [2.24, 2.45) is 0 Å². The van der Waals surface area contributed by atoms with Crippen LogP contribution in [-0.4, -0.2) is 27.1 Å². The molecule has 0 saturated carbocycles. The maximum atomic E-state index is 12.0. The highest BCUT2D eigenvalue weighted by Gasteiger charge is 2.12. The van der Waals surface area contributed by atoms with Gasteiger partial charge in [0, 0.05) is 18.2 Å². The van der Waals surface area contributed by atoms with Crippen molar-refractivity contribution in [3.63, 3.8) is 0 Å². The second-order valence-electron chi connectivity index (χ2n) is 4.52. The smallest absolute Gasteiger partial charge is 0.275 e. The summed E-state index contributed by atoms with van der Waals surface area (Å²) in [7, 11) is 0. The first-order valence-corrected chi connectivity index (χ1v) is 6.41. The largest absolute Gasteiger partial charge is 0.368 e. The van der Waals surface area contributed by atoms with Gasteiger partial charge in [-0.25, -0.2) is 9.97 Å². The number of carbonyl (C=O) groups excluding carboxylic acids is 1. The first kappa shape index (κ1) is 14.0. The van der Waals surface area contributed by atoms with Crippen LogP contribution >= 0.6 is 0 Å². The molecule has 0 saturated heterocycles. The zero-order valence-corrected chi connectivity index (χ0v) is 11.7. The number of rotatable bonds is 5. The highest BCUT2D eigenvalue weighted by Crippen LogP contribution is 2.11. The molecule has 20 heavy (non-hydrogen) atoms. The quantitative estimate of drug-likeness (QED) is 0.869.